The van der Waals surface area contributed by atoms with Crippen molar-refractivity contribution in [3.63, 3.8) is 0 Å². The fraction of sp³-hybridized carbons (Fsp3) is 0.368. The monoisotopic (exact) mass is 263 g/mol. The van der Waals surface area contributed by atoms with Crippen molar-refractivity contribution >= 4 is 5.69 Å². The molecule has 20 heavy (non-hydrogen) atoms. The lowest BCUT2D eigenvalue weighted by molar-refractivity contribution is 0.341. The Morgan fingerprint density at radius 1 is 1.00 bits per heavy atom. The van der Waals surface area contributed by atoms with Crippen LogP contribution in [0.5, 0.6) is 0 Å². The van der Waals surface area contributed by atoms with E-state index in [1.807, 2.05) is 0 Å². The average molecular weight is 263 g/mol. The van der Waals surface area contributed by atoms with E-state index in [9.17, 15) is 0 Å². The third-order valence-electron chi connectivity index (χ3n) is 5.65. The Bertz CT molecular complexity index is 731. The first-order chi connectivity index (χ1) is 9.46. The van der Waals surface area contributed by atoms with Crippen molar-refractivity contribution in [2.24, 2.45) is 0 Å². The lowest BCUT2D eigenvalue weighted by Crippen LogP contribution is -2.42. The molecule has 1 heterocycles. The zero-order valence-electron chi connectivity index (χ0n) is 12.7. The van der Waals surface area contributed by atoms with Crippen molar-refractivity contribution in [2.45, 2.75) is 45.1 Å². The summed E-state index contributed by atoms with van der Waals surface area (Å²) in [4.78, 5) is 0. The topological polar surface area (TPSA) is 12.0 Å². The summed E-state index contributed by atoms with van der Waals surface area (Å²) in [6, 6.07) is 13.6. The van der Waals surface area contributed by atoms with Crippen LogP contribution in [-0.2, 0) is 17.4 Å². The van der Waals surface area contributed by atoms with Gasteiger partial charge >= 0.3 is 0 Å². The average Bonchev–Trinajstić information content (AvgIpc) is 2.75. The minimum Gasteiger partial charge on any atom is -0.374 e. The van der Waals surface area contributed by atoms with E-state index in [0.717, 1.165) is 6.42 Å². The molecular formula is C19H21N. The Morgan fingerprint density at radius 2 is 1.75 bits per heavy atom. The van der Waals surface area contributed by atoms with Gasteiger partial charge in [0.1, 0.15) is 0 Å². The van der Waals surface area contributed by atoms with Crippen LogP contribution in [0, 0.1) is 13.8 Å². The predicted molar refractivity (Wildman–Crippen MR) is 84.4 cm³/mol. The van der Waals surface area contributed by atoms with Gasteiger partial charge in [0.2, 0.25) is 0 Å². The summed E-state index contributed by atoms with van der Waals surface area (Å²) < 4.78 is 0. The van der Waals surface area contributed by atoms with E-state index in [4.69, 9.17) is 0 Å². The number of anilines is 1. The fourth-order valence-corrected chi connectivity index (χ4v) is 4.41. The van der Waals surface area contributed by atoms with E-state index < -0.39 is 0 Å². The molecule has 1 nitrogen and oxygen atoms in total. The Balaban J connectivity index is 2.01. The molecule has 2 aromatic rings. The van der Waals surface area contributed by atoms with Crippen molar-refractivity contribution in [1.82, 2.24) is 0 Å². The molecule has 0 saturated heterocycles. The van der Waals surface area contributed by atoms with E-state index in [-0.39, 0.29) is 11.0 Å². The van der Waals surface area contributed by atoms with E-state index >= 15 is 0 Å². The Labute approximate surface area is 121 Å². The molecule has 0 amide bonds. The Hall–Kier alpha value is -1.76. The second kappa shape index (κ2) is 3.46. The summed E-state index contributed by atoms with van der Waals surface area (Å²) in [6.07, 6.45) is 1.13. The molecule has 0 aromatic heterocycles. The van der Waals surface area contributed by atoms with Crippen LogP contribution in [0.2, 0.25) is 0 Å². The van der Waals surface area contributed by atoms with E-state index in [2.05, 4.69) is 69.4 Å². The first-order valence-corrected chi connectivity index (χ1v) is 7.44. The van der Waals surface area contributed by atoms with Crippen molar-refractivity contribution in [2.75, 3.05) is 5.32 Å². The zero-order chi connectivity index (χ0) is 14.1. The third kappa shape index (κ3) is 1.19. The maximum atomic E-state index is 3.86. The summed E-state index contributed by atoms with van der Waals surface area (Å²) in [6.45, 7) is 9.21. The molecule has 0 unspecified atom stereocenters. The first-order valence-electron chi connectivity index (χ1n) is 7.44. The van der Waals surface area contributed by atoms with Gasteiger partial charge in [0, 0.05) is 11.1 Å². The molecule has 0 saturated carbocycles. The number of nitrogens with one attached hydrogen (secondary N) is 1. The van der Waals surface area contributed by atoms with Gasteiger partial charge in [-0.15, -0.1) is 0 Å². The molecule has 0 spiro atoms. The largest absolute Gasteiger partial charge is 0.374 e. The van der Waals surface area contributed by atoms with Gasteiger partial charge in [0.05, 0.1) is 5.54 Å². The zero-order valence-corrected chi connectivity index (χ0v) is 12.7. The predicted octanol–water partition coefficient (Wildman–Crippen LogP) is 4.46. The SMILES string of the molecule is Cc1cc(C)c2c(c1)[C@]1(C)Cc3ccccc3[C@]1(C)N2. The standard InChI is InChI=1S/C19H21N/c1-12-9-13(2)17-16(10-12)18(3)11-14-7-5-6-8-15(14)19(18,4)20-17/h5-10,20H,11H2,1-4H3/t18-,19-/m0/s1. The van der Waals surface area contributed by atoms with Crippen LogP contribution < -0.4 is 5.32 Å². The fourth-order valence-electron chi connectivity index (χ4n) is 4.41. The molecule has 1 aliphatic carbocycles. The minimum atomic E-state index is 0.0183. The van der Waals surface area contributed by atoms with Crippen LogP contribution in [0.15, 0.2) is 36.4 Å². The summed E-state index contributed by atoms with van der Waals surface area (Å²) >= 11 is 0. The highest BCUT2D eigenvalue weighted by Crippen LogP contribution is 2.59. The van der Waals surface area contributed by atoms with Crippen LogP contribution in [0.4, 0.5) is 5.69 Å². The summed E-state index contributed by atoms with van der Waals surface area (Å²) in [5.41, 5.74) is 8.72. The summed E-state index contributed by atoms with van der Waals surface area (Å²) in [7, 11) is 0. The van der Waals surface area contributed by atoms with Gasteiger partial charge in [-0.3, -0.25) is 0 Å². The lowest BCUT2D eigenvalue weighted by atomic mass is 9.70. The van der Waals surface area contributed by atoms with Crippen molar-refractivity contribution in [3.05, 3.63) is 64.2 Å². The van der Waals surface area contributed by atoms with Crippen molar-refractivity contribution in [1.29, 1.82) is 0 Å². The Morgan fingerprint density at radius 3 is 2.55 bits per heavy atom. The van der Waals surface area contributed by atoms with Gasteiger partial charge in [-0.2, -0.15) is 0 Å². The van der Waals surface area contributed by atoms with Gasteiger partial charge in [-0.05, 0) is 49.4 Å². The Kier molecular flexibility index (Phi) is 2.08. The van der Waals surface area contributed by atoms with Crippen LogP contribution >= 0.6 is 0 Å². The molecule has 1 heteroatoms. The van der Waals surface area contributed by atoms with Crippen LogP contribution in [0.25, 0.3) is 0 Å². The van der Waals surface area contributed by atoms with E-state index in [1.165, 1.54) is 33.5 Å². The molecule has 1 aliphatic heterocycles. The molecule has 2 aliphatic rings. The molecule has 2 aromatic carbocycles. The summed E-state index contributed by atoms with van der Waals surface area (Å²) in [5, 5.41) is 3.86. The smallest absolute Gasteiger partial charge is 0.0697 e. The highest BCUT2D eigenvalue weighted by atomic mass is 15.1. The van der Waals surface area contributed by atoms with Gasteiger partial charge in [-0.1, -0.05) is 48.9 Å². The molecule has 0 fully saturated rings. The van der Waals surface area contributed by atoms with Gasteiger partial charge < -0.3 is 5.32 Å². The number of benzene rings is 2. The molecule has 102 valence electrons. The van der Waals surface area contributed by atoms with Gasteiger partial charge in [0.25, 0.3) is 0 Å². The van der Waals surface area contributed by atoms with E-state index in [0.29, 0.717) is 0 Å². The van der Waals surface area contributed by atoms with Crippen molar-refractivity contribution < 1.29 is 0 Å². The summed E-state index contributed by atoms with van der Waals surface area (Å²) in [5.74, 6) is 0. The molecular weight excluding hydrogens is 242 g/mol. The maximum absolute atomic E-state index is 3.86. The molecule has 2 atom stereocenters. The molecule has 4 rings (SSSR count). The number of hydrogen-bond donors (Lipinski definition) is 1. The first kappa shape index (κ1) is 12.0. The van der Waals surface area contributed by atoms with Gasteiger partial charge in [-0.25, -0.2) is 0 Å². The highest BCUT2D eigenvalue weighted by molar-refractivity contribution is 5.73. The minimum absolute atomic E-state index is 0.0183. The molecule has 1 N–H and O–H groups in total. The van der Waals surface area contributed by atoms with Crippen LogP contribution in [0.1, 0.15) is 41.7 Å². The normalized spacial score (nSPS) is 29.6. The second-order valence-electron chi connectivity index (χ2n) is 6.92. The number of aryl methyl sites for hydroxylation is 2. The van der Waals surface area contributed by atoms with E-state index in [1.54, 1.807) is 0 Å². The van der Waals surface area contributed by atoms with Crippen LogP contribution in [0.3, 0.4) is 0 Å². The number of rotatable bonds is 0. The molecule has 0 bridgehead atoms. The number of hydrogen-bond acceptors (Lipinski definition) is 1. The molecule has 0 radical (unpaired) electrons. The third-order valence-corrected chi connectivity index (χ3v) is 5.65. The quantitative estimate of drug-likeness (QED) is 0.740. The second-order valence-corrected chi connectivity index (χ2v) is 6.92. The number of fused-ring (bicyclic) bond motifs is 5. The van der Waals surface area contributed by atoms with Crippen LogP contribution in [-0.4, -0.2) is 0 Å². The highest BCUT2D eigenvalue weighted by Gasteiger charge is 2.57. The lowest BCUT2D eigenvalue weighted by Gasteiger charge is -2.36. The van der Waals surface area contributed by atoms with Gasteiger partial charge in [0.15, 0.2) is 0 Å². The van der Waals surface area contributed by atoms with Crippen molar-refractivity contribution in [3.8, 4) is 0 Å². The maximum Gasteiger partial charge on any atom is 0.0697 e.